The Labute approximate surface area is 108 Å². The summed E-state index contributed by atoms with van der Waals surface area (Å²) in [5.41, 5.74) is 2.27. The van der Waals surface area contributed by atoms with Crippen molar-refractivity contribution in [1.82, 2.24) is 0 Å². The number of benzene rings is 2. The standard InChI is InChI=1S/C8H7Cl.C8H8/c1-2-7-3-5-8(9)6-4-7;1-2-8-6-4-3-5-7-8/h2-6H,1H2;2-7H,1H2. The number of halogens is 1. The number of hydrogen-bond donors (Lipinski definition) is 0. The van der Waals surface area contributed by atoms with Crippen LogP contribution >= 0.6 is 11.6 Å². The highest BCUT2D eigenvalue weighted by Gasteiger charge is 1.84. The van der Waals surface area contributed by atoms with Crippen molar-refractivity contribution >= 4 is 23.8 Å². The molecule has 0 amide bonds. The quantitative estimate of drug-likeness (QED) is 0.669. The molecule has 2 aromatic carbocycles. The molecule has 0 bridgehead atoms. The van der Waals surface area contributed by atoms with Gasteiger partial charge < -0.3 is 0 Å². The van der Waals surface area contributed by atoms with E-state index in [-0.39, 0.29) is 0 Å². The average molecular weight is 243 g/mol. The molecule has 0 aliphatic carbocycles. The van der Waals surface area contributed by atoms with Crippen molar-refractivity contribution in [1.29, 1.82) is 0 Å². The molecule has 0 aromatic heterocycles. The van der Waals surface area contributed by atoms with E-state index < -0.39 is 0 Å². The topological polar surface area (TPSA) is 0 Å². The molecule has 1 heteroatoms. The van der Waals surface area contributed by atoms with Gasteiger partial charge in [-0.15, -0.1) is 0 Å². The van der Waals surface area contributed by atoms with Crippen LogP contribution in [0.25, 0.3) is 12.2 Å². The van der Waals surface area contributed by atoms with Crippen LogP contribution in [0.1, 0.15) is 11.1 Å². The van der Waals surface area contributed by atoms with Crippen LogP contribution in [-0.2, 0) is 0 Å². The Morgan fingerprint density at radius 1 is 0.706 bits per heavy atom. The smallest absolute Gasteiger partial charge is 0.0406 e. The molecule has 2 rings (SSSR count). The Hall–Kier alpha value is -1.79. The highest BCUT2D eigenvalue weighted by molar-refractivity contribution is 6.30. The lowest BCUT2D eigenvalue weighted by molar-refractivity contribution is 1.66. The van der Waals surface area contributed by atoms with Crippen LogP contribution in [0.4, 0.5) is 0 Å². The first-order valence-corrected chi connectivity index (χ1v) is 5.69. The molecule has 17 heavy (non-hydrogen) atoms. The summed E-state index contributed by atoms with van der Waals surface area (Å²) in [6, 6.07) is 17.6. The SMILES string of the molecule is C=Cc1ccc(Cl)cc1.C=Cc1ccccc1. The predicted molar refractivity (Wildman–Crippen MR) is 78.1 cm³/mol. The van der Waals surface area contributed by atoms with E-state index in [0.29, 0.717) is 0 Å². The molecule has 0 aliphatic rings. The van der Waals surface area contributed by atoms with Gasteiger partial charge in [0.25, 0.3) is 0 Å². The lowest BCUT2D eigenvalue weighted by Crippen LogP contribution is -1.67. The molecule has 0 atom stereocenters. The Bertz CT molecular complexity index is 455. The Morgan fingerprint density at radius 2 is 1.18 bits per heavy atom. The summed E-state index contributed by atoms with van der Waals surface area (Å²) in [7, 11) is 0. The van der Waals surface area contributed by atoms with E-state index in [1.54, 1.807) is 6.08 Å². The summed E-state index contributed by atoms with van der Waals surface area (Å²) in [6.07, 6.45) is 3.62. The largest absolute Gasteiger partial charge is 0.0985 e. The van der Waals surface area contributed by atoms with Gasteiger partial charge >= 0.3 is 0 Å². The summed E-state index contributed by atoms with van der Waals surface area (Å²) in [6.45, 7) is 7.25. The first-order chi connectivity index (χ1) is 8.26. The van der Waals surface area contributed by atoms with Gasteiger partial charge in [0, 0.05) is 5.02 Å². The van der Waals surface area contributed by atoms with Gasteiger partial charge in [-0.25, -0.2) is 0 Å². The van der Waals surface area contributed by atoms with Gasteiger partial charge in [-0.05, 0) is 23.3 Å². The van der Waals surface area contributed by atoms with Gasteiger partial charge in [-0.2, -0.15) is 0 Å². The minimum atomic E-state index is 0.764. The molecule has 0 saturated carbocycles. The fraction of sp³-hybridized carbons (Fsp3) is 0. The van der Waals surface area contributed by atoms with Crippen LogP contribution in [0.2, 0.25) is 5.02 Å². The molecule has 0 heterocycles. The summed E-state index contributed by atoms with van der Waals surface area (Å²) < 4.78 is 0. The number of rotatable bonds is 2. The van der Waals surface area contributed by atoms with Crippen LogP contribution in [0.15, 0.2) is 67.8 Å². The van der Waals surface area contributed by atoms with Crippen molar-refractivity contribution in [2.24, 2.45) is 0 Å². The highest BCUT2D eigenvalue weighted by Crippen LogP contribution is 2.09. The minimum Gasteiger partial charge on any atom is -0.0985 e. The Kier molecular flexibility index (Phi) is 5.84. The monoisotopic (exact) mass is 242 g/mol. The molecular weight excluding hydrogens is 228 g/mol. The van der Waals surface area contributed by atoms with Crippen LogP contribution < -0.4 is 0 Å². The Morgan fingerprint density at radius 3 is 1.59 bits per heavy atom. The van der Waals surface area contributed by atoms with Gasteiger partial charge in [0.2, 0.25) is 0 Å². The Balaban J connectivity index is 0.000000171. The third-order valence-electron chi connectivity index (χ3n) is 2.14. The molecule has 0 nitrogen and oxygen atoms in total. The zero-order valence-corrected chi connectivity index (χ0v) is 10.4. The second kappa shape index (κ2) is 7.48. The van der Waals surface area contributed by atoms with E-state index in [4.69, 9.17) is 11.6 Å². The van der Waals surface area contributed by atoms with E-state index in [0.717, 1.165) is 10.6 Å². The second-order valence-corrected chi connectivity index (χ2v) is 3.81. The third-order valence-corrected chi connectivity index (χ3v) is 2.39. The summed E-state index contributed by atoms with van der Waals surface area (Å²) in [4.78, 5) is 0. The first kappa shape index (κ1) is 13.3. The first-order valence-electron chi connectivity index (χ1n) is 5.31. The van der Waals surface area contributed by atoms with E-state index in [2.05, 4.69) is 13.2 Å². The van der Waals surface area contributed by atoms with Gasteiger partial charge in [0.05, 0.1) is 0 Å². The lowest BCUT2D eigenvalue weighted by atomic mass is 10.2. The molecule has 0 spiro atoms. The minimum absolute atomic E-state index is 0.764. The van der Waals surface area contributed by atoms with E-state index in [1.165, 1.54) is 5.56 Å². The normalized spacial score (nSPS) is 8.76. The third kappa shape index (κ3) is 5.19. The predicted octanol–water partition coefficient (Wildman–Crippen LogP) is 5.31. The summed E-state index contributed by atoms with van der Waals surface area (Å²) in [5, 5.41) is 0.764. The van der Waals surface area contributed by atoms with Crippen molar-refractivity contribution in [2.75, 3.05) is 0 Å². The molecule has 0 N–H and O–H groups in total. The van der Waals surface area contributed by atoms with E-state index in [9.17, 15) is 0 Å². The summed E-state index contributed by atoms with van der Waals surface area (Å²) in [5.74, 6) is 0. The second-order valence-electron chi connectivity index (χ2n) is 3.37. The number of hydrogen-bond acceptors (Lipinski definition) is 0. The zero-order valence-electron chi connectivity index (χ0n) is 9.64. The van der Waals surface area contributed by atoms with Crippen LogP contribution in [0.3, 0.4) is 0 Å². The van der Waals surface area contributed by atoms with Gasteiger partial charge in [-0.3, -0.25) is 0 Å². The van der Waals surface area contributed by atoms with Gasteiger partial charge in [0.15, 0.2) is 0 Å². The van der Waals surface area contributed by atoms with E-state index in [1.807, 2.05) is 60.7 Å². The van der Waals surface area contributed by atoms with Crippen molar-refractivity contribution in [3.63, 3.8) is 0 Å². The molecule has 0 aliphatic heterocycles. The maximum atomic E-state index is 5.63. The van der Waals surface area contributed by atoms with Gasteiger partial charge in [0.1, 0.15) is 0 Å². The molecular formula is C16H15Cl. The molecule has 0 fully saturated rings. The molecule has 86 valence electrons. The van der Waals surface area contributed by atoms with Crippen LogP contribution in [0, 0.1) is 0 Å². The lowest BCUT2D eigenvalue weighted by Gasteiger charge is -1.89. The highest BCUT2D eigenvalue weighted by atomic mass is 35.5. The molecule has 0 unspecified atom stereocenters. The summed E-state index contributed by atoms with van der Waals surface area (Å²) >= 11 is 5.63. The van der Waals surface area contributed by atoms with Crippen LogP contribution in [-0.4, -0.2) is 0 Å². The van der Waals surface area contributed by atoms with Crippen molar-refractivity contribution in [2.45, 2.75) is 0 Å². The average Bonchev–Trinajstić information content (AvgIpc) is 2.41. The van der Waals surface area contributed by atoms with Crippen molar-refractivity contribution < 1.29 is 0 Å². The molecule has 2 aromatic rings. The maximum absolute atomic E-state index is 5.63. The molecule has 0 saturated heterocycles. The van der Waals surface area contributed by atoms with Crippen molar-refractivity contribution in [3.8, 4) is 0 Å². The van der Waals surface area contributed by atoms with E-state index >= 15 is 0 Å². The van der Waals surface area contributed by atoms with Gasteiger partial charge in [-0.1, -0.05) is 79.4 Å². The zero-order chi connectivity index (χ0) is 12.5. The van der Waals surface area contributed by atoms with Crippen LogP contribution in [0.5, 0.6) is 0 Å². The fourth-order valence-corrected chi connectivity index (χ4v) is 1.31. The van der Waals surface area contributed by atoms with Crippen molar-refractivity contribution in [3.05, 3.63) is 83.9 Å². The fourth-order valence-electron chi connectivity index (χ4n) is 1.19. The maximum Gasteiger partial charge on any atom is 0.0406 e. The molecule has 0 radical (unpaired) electrons.